The summed E-state index contributed by atoms with van der Waals surface area (Å²) in [5.41, 5.74) is 4.28. The van der Waals surface area contributed by atoms with E-state index in [1.165, 1.54) is 4.90 Å². The minimum Gasteiger partial charge on any atom is -0.491 e. The highest BCUT2D eigenvalue weighted by Gasteiger charge is 2.26. The zero-order valence-corrected chi connectivity index (χ0v) is 19.5. The van der Waals surface area contributed by atoms with Crippen LogP contribution in [0.2, 0.25) is 0 Å². The van der Waals surface area contributed by atoms with Crippen LogP contribution in [0.3, 0.4) is 0 Å². The SMILES string of the molecule is CN(Cc1cn(-c2ccccc2)nc1-c1ccccc1)C(=O)CN1C(=O)CCOc2ccccc21. The lowest BCUT2D eigenvalue weighted by Gasteiger charge is -2.24. The summed E-state index contributed by atoms with van der Waals surface area (Å²) in [5.74, 6) is 0.324. The molecule has 1 aliphatic heterocycles. The van der Waals surface area contributed by atoms with Crippen molar-refractivity contribution >= 4 is 17.5 Å². The molecular weight excluding hydrogens is 440 g/mol. The fourth-order valence-corrected chi connectivity index (χ4v) is 4.17. The molecule has 0 unspecified atom stereocenters. The van der Waals surface area contributed by atoms with Gasteiger partial charge in [0.15, 0.2) is 0 Å². The number of carbonyl (C=O) groups excluding carboxylic acids is 2. The largest absolute Gasteiger partial charge is 0.491 e. The molecule has 2 heterocycles. The van der Waals surface area contributed by atoms with Gasteiger partial charge in [-0.1, -0.05) is 60.7 Å². The van der Waals surface area contributed by atoms with Gasteiger partial charge in [0.2, 0.25) is 11.8 Å². The second-order valence-electron chi connectivity index (χ2n) is 8.44. The van der Waals surface area contributed by atoms with Crippen molar-refractivity contribution in [2.75, 3.05) is 25.1 Å². The monoisotopic (exact) mass is 466 g/mol. The molecule has 0 bridgehead atoms. The Morgan fingerprint density at radius 3 is 2.43 bits per heavy atom. The number of benzene rings is 3. The number of likely N-dealkylation sites (N-methyl/N-ethyl adjacent to an activating group) is 1. The molecule has 0 aliphatic carbocycles. The highest BCUT2D eigenvalue weighted by molar-refractivity contribution is 6.00. The normalized spacial score (nSPS) is 13.1. The van der Waals surface area contributed by atoms with E-state index in [-0.39, 0.29) is 24.8 Å². The molecule has 7 heteroatoms. The van der Waals surface area contributed by atoms with Crippen LogP contribution in [0.1, 0.15) is 12.0 Å². The predicted octanol–water partition coefficient (Wildman–Crippen LogP) is 4.31. The number of amides is 2. The van der Waals surface area contributed by atoms with Gasteiger partial charge in [0.25, 0.3) is 0 Å². The van der Waals surface area contributed by atoms with Crippen molar-refractivity contribution in [2.24, 2.45) is 0 Å². The molecule has 4 aromatic rings. The molecule has 2 amide bonds. The number of hydrogen-bond acceptors (Lipinski definition) is 4. The smallest absolute Gasteiger partial charge is 0.242 e. The maximum atomic E-state index is 13.3. The topological polar surface area (TPSA) is 67.7 Å². The Balaban J connectivity index is 1.40. The second-order valence-corrected chi connectivity index (χ2v) is 8.44. The quantitative estimate of drug-likeness (QED) is 0.425. The molecule has 7 nitrogen and oxygen atoms in total. The van der Waals surface area contributed by atoms with Crippen LogP contribution in [0.5, 0.6) is 5.75 Å². The molecule has 5 rings (SSSR count). The zero-order valence-electron chi connectivity index (χ0n) is 19.5. The van der Waals surface area contributed by atoms with Crippen molar-refractivity contribution in [2.45, 2.75) is 13.0 Å². The molecule has 35 heavy (non-hydrogen) atoms. The van der Waals surface area contributed by atoms with E-state index < -0.39 is 0 Å². The molecule has 0 fully saturated rings. The van der Waals surface area contributed by atoms with Crippen LogP contribution in [-0.4, -0.2) is 46.7 Å². The number of aromatic nitrogens is 2. The van der Waals surface area contributed by atoms with Gasteiger partial charge in [0.05, 0.1) is 30.1 Å². The number of hydrogen-bond donors (Lipinski definition) is 0. The summed E-state index contributed by atoms with van der Waals surface area (Å²) in [6.45, 7) is 0.606. The Bertz CT molecular complexity index is 1330. The highest BCUT2D eigenvalue weighted by Crippen LogP contribution is 2.31. The Kier molecular flexibility index (Phi) is 6.30. The molecule has 1 aliphatic rings. The summed E-state index contributed by atoms with van der Waals surface area (Å²) >= 11 is 0. The van der Waals surface area contributed by atoms with Gasteiger partial charge >= 0.3 is 0 Å². The Morgan fingerprint density at radius 1 is 0.971 bits per heavy atom. The number of ether oxygens (including phenoxy) is 1. The predicted molar refractivity (Wildman–Crippen MR) is 134 cm³/mol. The summed E-state index contributed by atoms with van der Waals surface area (Å²) in [5, 5.41) is 4.83. The lowest BCUT2D eigenvalue weighted by atomic mass is 10.1. The van der Waals surface area contributed by atoms with Crippen LogP contribution in [0.25, 0.3) is 16.9 Å². The van der Waals surface area contributed by atoms with Crippen molar-refractivity contribution in [3.05, 3.63) is 96.7 Å². The molecule has 1 aromatic heterocycles. The first-order valence-corrected chi connectivity index (χ1v) is 11.6. The number of rotatable bonds is 6. The van der Waals surface area contributed by atoms with Gasteiger partial charge in [-0.05, 0) is 24.3 Å². The number of carbonyl (C=O) groups is 2. The van der Waals surface area contributed by atoms with Crippen LogP contribution >= 0.6 is 0 Å². The average Bonchev–Trinajstić information content (AvgIpc) is 3.25. The minimum atomic E-state index is -0.165. The lowest BCUT2D eigenvalue weighted by Crippen LogP contribution is -2.41. The van der Waals surface area contributed by atoms with Crippen molar-refractivity contribution in [1.82, 2.24) is 14.7 Å². The molecule has 0 radical (unpaired) electrons. The third-order valence-electron chi connectivity index (χ3n) is 6.02. The third-order valence-corrected chi connectivity index (χ3v) is 6.02. The Hall–Kier alpha value is -4.39. The van der Waals surface area contributed by atoms with Gasteiger partial charge in [-0.15, -0.1) is 0 Å². The van der Waals surface area contributed by atoms with E-state index >= 15 is 0 Å². The maximum absolute atomic E-state index is 13.3. The number of para-hydroxylation sites is 3. The van der Waals surface area contributed by atoms with Crippen LogP contribution < -0.4 is 9.64 Å². The first-order valence-electron chi connectivity index (χ1n) is 11.6. The average molecular weight is 467 g/mol. The van der Waals surface area contributed by atoms with E-state index in [0.29, 0.717) is 24.6 Å². The van der Waals surface area contributed by atoms with E-state index in [9.17, 15) is 9.59 Å². The van der Waals surface area contributed by atoms with Gasteiger partial charge in [0.1, 0.15) is 12.3 Å². The number of fused-ring (bicyclic) bond motifs is 1. The maximum Gasteiger partial charge on any atom is 0.242 e. The first-order chi connectivity index (χ1) is 17.1. The van der Waals surface area contributed by atoms with Gasteiger partial charge in [-0.2, -0.15) is 5.10 Å². The van der Waals surface area contributed by atoms with Gasteiger partial charge in [0, 0.05) is 30.9 Å². The van der Waals surface area contributed by atoms with E-state index in [0.717, 1.165) is 22.5 Å². The second kappa shape index (κ2) is 9.85. The van der Waals surface area contributed by atoms with Crippen molar-refractivity contribution in [3.63, 3.8) is 0 Å². The van der Waals surface area contributed by atoms with E-state index in [4.69, 9.17) is 9.84 Å². The zero-order chi connectivity index (χ0) is 24.2. The molecule has 0 atom stereocenters. The van der Waals surface area contributed by atoms with Crippen LogP contribution in [-0.2, 0) is 16.1 Å². The van der Waals surface area contributed by atoms with Crippen molar-refractivity contribution in [3.8, 4) is 22.7 Å². The van der Waals surface area contributed by atoms with Crippen molar-refractivity contribution < 1.29 is 14.3 Å². The number of anilines is 1. The standard InChI is InChI=1S/C28H26N4O3/c1-30(27(34)20-31-24-14-8-9-15-25(24)35-17-16-26(31)33)18-22-19-32(23-12-6-3-7-13-23)29-28(22)21-10-4-2-5-11-21/h2-15,19H,16-18,20H2,1H3. The summed E-state index contributed by atoms with van der Waals surface area (Å²) in [7, 11) is 1.75. The third kappa shape index (κ3) is 4.80. The van der Waals surface area contributed by atoms with E-state index in [1.54, 1.807) is 11.9 Å². The fourth-order valence-electron chi connectivity index (χ4n) is 4.17. The first kappa shape index (κ1) is 22.4. The minimum absolute atomic E-state index is 0.0524. The summed E-state index contributed by atoms with van der Waals surface area (Å²) < 4.78 is 7.53. The van der Waals surface area contributed by atoms with Gasteiger partial charge in [-0.3, -0.25) is 14.5 Å². The van der Waals surface area contributed by atoms with E-state index in [2.05, 4.69) is 0 Å². The lowest BCUT2D eigenvalue weighted by molar-refractivity contribution is -0.130. The van der Waals surface area contributed by atoms with Crippen LogP contribution in [0.4, 0.5) is 5.69 Å². The van der Waals surface area contributed by atoms with Gasteiger partial charge < -0.3 is 9.64 Å². The summed E-state index contributed by atoms with van der Waals surface area (Å²) in [6.07, 6.45) is 2.19. The van der Waals surface area contributed by atoms with Crippen molar-refractivity contribution in [1.29, 1.82) is 0 Å². The van der Waals surface area contributed by atoms with Crippen LogP contribution in [0.15, 0.2) is 91.1 Å². The summed E-state index contributed by atoms with van der Waals surface area (Å²) in [4.78, 5) is 29.2. The Labute approximate surface area is 204 Å². The number of nitrogens with zero attached hydrogens (tertiary/aromatic N) is 4. The highest BCUT2D eigenvalue weighted by atomic mass is 16.5. The van der Waals surface area contributed by atoms with Crippen LogP contribution in [0, 0.1) is 0 Å². The molecule has 0 spiro atoms. The summed E-state index contributed by atoms with van der Waals surface area (Å²) in [6, 6.07) is 27.1. The van der Waals surface area contributed by atoms with E-state index in [1.807, 2.05) is 95.8 Å². The molecule has 3 aromatic carbocycles. The Morgan fingerprint density at radius 2 is 1.66 bits per heavy atom. The fraction of sp³-hybridized carbons (Fsp3) is 0.179. The molecule has 0 N–H and O–H groups in total. The van der Waals surface area contributed by atoms with Gasteiger partial charge in [-0.25, -0.2) is 4.68 Å². The molecule has 0 saturated heterocycles. The molecular formula is C28H26N4O3. The molecule has 176 valence electrons. The molecule has 0 saturated carbocycles.